The van der Waals surface area contributed by atoms with Crippen LogP contribution in [0.4, 0.5) is 0 Å². The van der Waals surface area contributed by atoms with Gasteiger partial charge in [0.25, 0.3) is 5.91 Å². The molecule has 1 aromatic heterocycles. The van der Waals surface area contributed by atoms with Crippen molar-refractivity contribution in [2.24, 2.45) is 0 Å². The summed E-state index contributed by atoms with van der Waals surface area (Å²) >= 11 is 0. The Kier molecular flexibility index (Phi) is 5.36. The molecule has 1 aromatic carbocycles. The minimum Gasteiger partial charge on any atom is -0.466 e. The zero-order chi connectivity index (χ0) is 16.9. The van der Waals surface area contributed by atoms with Crippen LogP contribution < -0.4 is 5.32 Å². The maximum Gasteiger partial charge on any atom is 0.255 e. The number of aryl methyl sites for hydroxylation is 2. The Balaban J connectivity index is 1.52. The molecule has 1 aliphatic heterocycles. The number of benzene rings is 1. The molecule has 0 saturated carbocycles. The molecular formula is C20H26N2O2. The van der Waals surface area contributed by atoms with E-state index in [1.165, 1.54) is 5.56 Å². The van der Waals surface area contributed by atoms with Crippen LogP contribution in [0, 0.1) is 13.8 Å². The number of hydrogen-bond donors (Lipinski definition) is 1. The molecule has 4 nitrogen and oxygen atoms in total. The van der Waals surface area contributed by atoms with Crippen molar-refractivity contribution in [1.29, 1.82) is 0 Å². The molecule has 1 saturated heterocycles. The van der Waals surface area contributed by atoms with Gasteiger partial charge >= 0.3 is 0 Å². The third kappa shape index (κ3) is 4.26. The van der Waals surface area contributed by atoms with Crippen molar-refractivity contribution >= 4 is 5.91 Å². The molecular weight excluding hydrogens is 300 g/mol. The average Bonchev–Trinajstić information content (AvgIpc) is 2.93. The lowest BCUT2D eigenvalue weighted by Crippen LogP contribution is -2.48. The second-order valence-electron chi connectivity index (χ2n) is 6.68. The van der Waals surface area contributed by atoms with Gasteiger partial charge in [-0.25, -0.2) is 0 Å². The fourth-order valence-electron chi connectivity index (χ4n) is 3.43. The summed E-state index contributed by atoms with van der Waals surface area (Å²) in [6.45, 7) is 6.79. The minimum atomic E-state index is -0.0146. The molecule has 1 unspecified atom stereocenters. The van der Waals surface area contributed by atoms with Crippen molar-refractivity contribution in [2.45, 2.75) is 39.2 Å². The molecule has 0 spiro atoms. The summed E-state index contributed by atoms with van der Waals surface area (Å²) in [5.41, 5.74) is 2.03. The number of furan rings is 1. The fourth-order valence-corrected chi connectivity index (χ4v) is 3.43. The number of carbonyl (C=O) groups excluding carboxylic acids is 1. The van der Waals surface area contributed by atoms with Gasteiger partial charge in [0.2, 0.25) is 0 Å². The number of nitrogens with one attached hydrogen (secondary N) is 1. The lowest BCUT2D eigenvalue weighted by atomic mass is 10.0. The summed E-state index contributed by atoms with van der Waals surface area (Å²) < 4.78 is 5.46. The van der Waals surface area contributed by atoms with Gasteiger partial charge in [-0.05, 0) is 51.3 Å². The molecule has 3 rings (SSSR count). The molecule has 1 aliphatic rings. The maximum absolute atomic E-state index is 12.4. The summed E-state index contributed by atoms with van der Waals surface area (Å²) in [6, 6.07) is 12.6. The second-order valence-corrected chi connectivity index (χ2v) is 6.68. The Morgan fingerprint density at radius 3 is 2.79 bits per heavy atom. The highest BCUT2D eigenvalue weighted by Crippen LogP contribution is 2.16. The molecule has 1 amide bonds. The number of rotatable bonds is 5. The summed E-state index contributed by atoms with van der Waals surface area (Å²) in [5, 5.41) is 3.18. The summed E-state index contributed by atoms with van der Waals surface area (Å²) in [4.78, 5) is 14.9. The molecule has 4 heteroatoms. The van der Waals surface area contributed by atoms with Crippen molar-refractivity contribution in [3.8, 4) is 0 Å². The SMILES string of the molecule is Cc1cc(C(=O)NC2CCCN(CCc3ccccc3)C2)c(C)o1. The van der Waals surface area contributed by atoms with Gasteiger partial charge in [-0.2, -0.15) is 0 Å². The number of hydrogen-bond acceptors (Lipinski definition) is 3. The fraction of sp³-hybridized carbons (Fsp3) is 0.450. The molecule has 24 heavy (non-hydrogen) atoms. The van der Waals surface area contributed by atoms with Crippen LogP contribution in [0.5, 0.6) is 0 Å². The quantitative estimate of drug-likeness (QED) is 0.916. The Hall–Kier alpha value is -2.07. The lowest BCUT2D eigenvalue weighted by Gasteiger charge is -2.33. The third-order valence-corrected chi connectivity index (χ3v) is 4.69. The first kappa shape index (κ1) is 16.8. The average molecular weight is 326 g/mol. The van der Waals surface area contributed by atoms with E-state index in [0.29, 0.717) is 11.3 Å². The first-order valence-corrected chi connectivity index (χ1v) is 8.76. The van der Waals surface area contributed by atoms with E-state index in [0.717, 1.165) is 44.7 Å². The smallest absolute Gasteiger partial charge is 0.255 e. The van der Waals surface area contributed by atoms with Crippen LogP contribution in [0.25, 0.3) is 0 Å². The highest BCUT2D eigenvalue weighted by molar-refractivity contribution is 5.95. The zero-order valence-corrected chi connectivity index (χ0v) is 14.5. The van der Waals surface area contributed by atoms with Crippen molar-refractivity contribution in [2.75, 3.05) is 19.6 Å². The van der Waals surface area contributed by atoms with Gasteiger partial charge in [0.1, 0.15) is 11.5 Å². The van der Waals surface area contributed by atoms with Crippen LogP contribution in [0.3, 0.4) is 0 Å². The number of piperidine rings is 1. The van der Waals surface area contributed by atoms with E-state index in [1.54, 1.807) is 0 Å². The Bertz CT molecular complexity index is 678. The van der Waals surface area contributed by atoms with E-state index in [1.807, 2.05) is 19.9 Å². The Morgan fingerprint density at radius 2 is 2.08 bits per heavy atom. The van der Waals surface area contributed by atoms with Gasteiger partial charge in [0.15, 0.2) is 0 Å². The molecule has 2 heterocycles. The maximum atomic E-state index is 12.4. The van der Waals surface area contributed by atoms with Crippen LogP contribution in [-0.2, 0) is 6.42 Å². The number of nitrogens with zero attached hydrogens (tertiary/aromatic N) is 1. The summed E-state index contributed by atoms with van der Waals surface area (Å²) in [5.74, 6) is 1.46. The van der Waals surface area contributed by atoms with Gasteiger partial charge in [0, 0.05) is 19.1 Å². The minimum absolute atomic E-state index is 0.0146. The number of carbonyl (C=O) groups is 1. The van der Waals surface area contributed by atoms with Crippen LogP contribution in [0.15, 0.2) is 40.8 Å². The Labute approximate surface area is 143 Å². The number of amides is 1. The zero-order valence-electron chi connectivity index (χ0n) is 14.5. The Morgan fingerprint density at radius 1 is 1.29 bits per heavy atom. The third-order valence-electron chi connectivity index (χ3n) is 4.69. The van der Waals surface area contributed by atoms with Gasteiger partial charge in [0.05, 0.1) is 5.56 Å². The molecule has 1 fully saturated rings. The van der Waals surface area contributed by atoms with E-state index in [9.17, 15) is 4.79 Å². The summed E-state index contributed by atoms with van der Waals surface area (Å²) in [7, 11) is 0. The number of likely N-dealkylation sites (tertiary alicyclic amines) is 1. The molecule has 128 valence electrons. The molecule has 0 bridgehead atoms. The first-order chi connectivity index (χ1) is 11.6. The van der Waals surface area contributed by atoms with Crippen LogP contribution >= 0.6 is 0 Å². The largest absolute Gasteiger partial charge is 0.466 e. The molecule has 0 aliphatic carbocycles. The monoisotopic (exact) mass is 326 g/mol. The topological polar surface area (TPSA) is 45.5 Å². The molecule has 2 aromatic rings. The first-order valence-electron chi connectivity index (χ1n) is 8.76. The van der Waals surface area contributed by atoms with E-state index >= 15 is 0 Å². The van der Waals surface area contributed by atoms with Crippen molar-refractivity contribution in [1.82, 2.24) is 10.2 Å². The van der Waals surface area contributed by atoms with Crippen LogP contribution in [0.2, 0.25) is 0 Å². The van der Waals surface area contributed by atoms with Gasteiger partial charge in [-0.1, -0.05) is 30.3 Å². The predicted octanol–water partition coefficient (Wildman–Crippen LogP) is 3.33. The normalized spacial score (nSPS) is 18.5. The van der Waals surface area contributed by atoms with E-state index in [-0.39, 0.29) is 11.9 Å². The van der Waals surface area contributed by atoms with Gasteiger partial charge in [-0.15, -0.1) is 0 Å². The van der Waals surface area contributed by atoms with E-state index < -0.39 is 0 Å². The highest BCUT2D eigenvalue weighted by atomic mass is 16.3. The van der Waals surface area contributed by atoms with Gasteiger partial charge in [-0.3, -0.25) is 4.79 Å². The lowest BCUT2D eigenvalue weighted by molar-refractivity contribution is 0.0902. The summed E-state index contributed by atoms with van der Waals surface area (Å²) in [6.07, 6.45) is 3.23. The van der Waals surface area contributed by atoms with Crippen molar-refractivity contribution in [3.63, 3.8) is 0 Å². The van der Waals surface area contributed by atoms with Crippen molar-refractivity contribution < 1.29 is 9.21 Å². The van der Waals surface area contributed by atoms with Crippen LogP contribution in [-0.4, -0.2) is 36.5 Å². The second kappa shape index (κ2) is 7.67. The van der Waals surface area contributed by atoms with Crippen molar-refractivity contribution in [3.05, 3.63) is 59.0 Å². The highest BCUT2D eigenvalue weighted by Gasteiger charge is 2.23. The predicted molar refractivity (Wildman–Crippen MR) is 95.3 cm³/mol. The standard InChI is InChI=1S/C20H26N2O2/c1-15-13-19(16(2)24-15)20(23)21-18-9-6-11-22(14-18)12-10-17-7-4-3-5-8-17/h3-5,7-8,13,18H,6,9-12,14H2,1-2H3,(H,21,23). The van der Waals surface area contributed by atoms with Gasteiger partial charge < -0.3 is 14.6 Å². The molecule has 1 atom stereocenters. The molecule has 0 radical (unpaired) electrons. The van der Waals surface area contributed by atoms with E-state index in [2.05, 4.69) is 40.5 Å². The molecule has 1 N–H and O–H groups in total. The van der Waals surface area contributed by atoms with E-state index in [4.69, 9.17) is 4.42 Å². The van der Waals surface area contributed by atoms with Crippen LogP contribution in [0.1, 0.15) is 40.3 Å².